The first-order valence-corrected chi connectivity index (χ1v) is 9.90. The van der Waals surface area contributed by atoms with Crippen molar-refractivity contribution in [1.29, 1.82) is 0 Å². The highest BCUT2D eigenvalue weighted by molar-refractivity contribution is 7.92. The first-order valence-electron chi connectivity index (χ1n) is 6.52. The van der Waals surface area contributed by atoms with Gasteiger partial charge in [-0.1, -0.05) is 12.1 Å². The molecule has 0 amide bonds. The van der Waals surface area contributed by atoms with E-state index in [1.165, 1.54) is 24.3 Å². The lowest BCUT2D eigenvalue weighted by atomic mass is 10.2. The summed E-state index contributed by atoms with van der Waals surface area (Å²) >= 11 is 0. The third-order valence-corrected chi connectivity index (χ3v) is 5.79. The van der Waals surface area contributed by atoms with Crippen LogP contribution in [-0.4, -0.2) is 33.3 Å². The third-order valence-electron chi connectivity index (χ3n) is 3.28. The molecule has 0 unspecified atom stereocenters. The maximum atomic E-state index is 12.4. The van der Waals surface area contributed by atoms with E-state index >= 15 is 0 Å². The number of fused-ring (bicyclic) bond motifs is 1. The predicted octanol–water partition coefficient (Wildman–Crippen LogP) is 1.77. The van der Waals surface area contributed by atoms with Gasteiger partial charge in [0.1, 0.15) is 0 Å². The number of sulfonamides is 1. The maximum absolute atomic E-state index is 12.4. The van der Waals surface area contributed by atoms with Crippen LogP contribution in [-0.2, 0) is 19.9 Å². The van der Waals surface area contributed by atoms with Crippen LogP contribution < -0.4 is 4.72 Å². The summed E-state index contributed by atoms with van der Waals surface area (Å²) in [6, 6.07) is 10.2. The molecule has 0 bridgehead atoms. The van der Waals surface area contributed by atoms with E-state index in [9.17, 15) is 16.8 Å². The number of hydrogen-bond acceptors (Lipinski definition) is 5. The van der Waals surface area contributed by atoms with E-state index in [1.807, 2.05) is 0 Å². The van der Waals surface area contributed by atoms with Crippen molar-refractivity contribution in [3.63, 3.8) is 0 Å². The zero-order chi connectivity index (χ0) is 16.7. The fraction of sp³-hybridized carbons (Fsp3) is 0.0714. The average Bonchev–Trinajstić information content (AvgIpc) is 2.96. The number of rotatable bonds is 4. The third kappa shape index (κ3) is 3.06. The van der Waals surface area contributed by atoms with E-state index < -0.39 is 19.9 Å². The Morgan fingerprint density at radius 1 is 0.957 bits per heavy atom. The van der Waals surface area contributed by atoms with Gasteiger partial charge in [0.15, 0.2) is 9.84 Å². The van der Waals surface area contributed by atoms with E-state index in [4.69, 9.17) is 0 Å². The van der Waals surface area contributed by atoms with E-state index in [-0.39, 0.29) is 9.79 Å². The number of sulfone groups is 1. The maximum Gasteiger partial charge on any atom is 0.261 e. The molecule has 120 valence electrons. The van der Waals surface area contributed by atoms with Crippen LogP contribution in [0.25, 0.3) is 10.9 Å². The van der Waals surface area contributed by atoms with Crippen molar-refractivity contribution < 1.29 is 16.8 Å². The number of benzene rings is 2. The minimum Gasteiger partial charge on any atom is -0.277 e. The molecule has 1 heterocycles. The molecule has 9 heteroatoms. The Bertz CT molecular complexity index is 1070. The summed E-state index contributed by atoms with van der Waals surface area (Å²) in [6.07, 6.45) is 2.65. The standard InChI is InChI=1S/C14H13N3O4S2/c1-22(18,19)11-5-7-12(8-6-11)23(20,21)17-13-4-2-3-10-9-15-16-14(10)13/h2-9,17H,1H3,(H,15,16). The van der Waals surface area contributed by atoms with Gasteiger partial charge in [0.2, 0.25) is 0 Å². The quantitative estimate of drug-likeness (QED) is 0.744. The average molecular weight is 351 g/mol. The fourth-order valence-corrected chi connectivity index (χ4v) is 3.83. The largest absolute Gasteiger partial charge is 0.277 e. The summed E-state index contributed by atoms with van der Waals surface area (Å²) < 4.78 is 50.2. The molecular formula is C14H13N3O4S2. The molecule has 23 heavy (non-hydrogen) atoms. The monoisotopic (exact) mass is 351 g/mol. The van der Waals surface area contributed by atoms with Gasteiger partial charge >= 0.3 is 0 Å². The molecule has 2 N–H and O–H groups in total. The van der Waals surface area contributed by atoms with E-state index in [1.54, 1.807) is 24.4 Å². The van der Waals surface area contributed by atoms with Gasteiger partial charge in [0, 0.05) is 11.6 Å². The number of aromatic nitrogens is 2. The molecule has 3 rings (SSSR count). The van der Waals surface area contributed by atoms with Gasteiger partial charge in [-0.2, -0.15) is 5.10 Å². The van der Waals surface area contributed by atoms with Gasteiger partial charge in [-0.15, -0.1) is 0 Å². The lowest BCUT2D eigenvalue weighted by Crippen LogP contribution is -2.13. The Balaban J connectivity index is 1.97. The summed E-state index contributed by atoms with van der Waals surface area (Å²) in [4.78, 5) is 0.0357. The zero-order valence-electron chi connectivity index (χ0n) is 12.0. The molecule has 2 aromatic carbocycles. The predicted molar refractivity (Wildman–Crippen MR) is 86.5 cm³/mol. The van der Waals surface area contributed by atoms with E-state index in [0.29, 0.717) is 11.2 Å². The van der Waals surface area contributed by atoms with Crippen LogP contribution in [0.3, 0.4) is 0 Å². The van der Waals surface area contributed by atoms with E-state index in [0.717, 1.165) is 11.6 Å². The molecule has 1 aromatic heterocycles. The fourth-order valence-electron chi connectivity index (χ4n) is 2.12. The highest BCUT2D eigenvalue weighted by atomic mass is 32.2. The number of nitrogens with zero attached hydrogens (tertiary/aromatic N) is 1. The number of nitrogens with one attached hydrogen (secondary N) is 2. The molecule has 0 saturated heterocycles. The normalized spacial score (nSPS) is 12.4. The van der Waals surface area contributed by atoms with E-state index in [2.05, 4.69) is 14.9 Å². The Kier molecular flexibility index (Phi) is 3.61. The van der Waals surface area contributed by atoms with Crippen molar-refractivity contribution in [3.8, 4) is 0 Å². The van der Waals surface area contributed by atoms with Crippen molar-refractivity contribution in [2.45, 2.75) is 9.79 Å². The van der Waals surface area contributed by atoms with Gasteiger partial charge < -0.3 is 0 Å². The summed E-state index contributed by atoms with van der Waals surface area (Å²) in [7, 11) is -7.21. The van der Waals surface area contributed by atoms with Gasteiger partial charge in [0.05, 0.1) is 27.2 Å². The SMILES string of the molecule is CS(=O)(=O)c1ccc(S(=O)(=O)Nc2cccc3cn[nH]c23)cc1. The second-order valence-electron chi connectivity index (χ2n) is 4.99. The van der Waals surface area contributed by atoms with Crippen molar-refractivity contribution in [1.82, 2.24) is 10.2 Å². The second-order valence-corrected chi connectivity index (χ2v) is 8.69. The number of anilines is 1. The number of H-pyrrole nitrogens is 1. The molecule has 3 aromatic rings. The number of aromatic amines is 1. The first-order chi connectivity index (χ1) is 10.8. The molecule has 0 radical (unpaired) electrons. The van der Waals surface area contributed by atoms with Gasteiger partial charge in [0.25, 0.3) is 10.0 Å². The molecule has 7 nitrogen and oxygen atoms in total. The molecule has 0 fully saturated rings. The van der Waals surface area contributed by atoms with Crippen molar-refractivity contribution in [2.24, 2.45) is 0 Å². The minimum absolute atomic E-state index is 0.0265. The Morgan fingerprint density at radius 3 is 2.26 bits per heavy atom. The van der Waals surface area contributed by atoms with Crippen LogP contribution in [0, 0.1) is 0 Å². The smallest absolute Gasteiger partial charge is 0.261 e. The molecule has 0 atom stereocenters. The Morgan fingerprint density at radius 2 is 1.61 bits per heavy atom. The minimum atomic E-state index is -3.84. The van der Waals surface area contributed by atoms with Crippen LogP contribution in [0.2, 0.25) is 0 Å². The molecule has 0 aliphatic heterocycles. The highest BCUT2D eigenvalue weighted by Gasteiger charge is 2.17. The number of para-hydroxylation sites is 1. The molecule has 0 saturated carbocycles. The van der Waals surface area contributed by atoms with Crippen LogP contribution in [0.15, 0.2) is 58.5 Å². The summed E-state index contributed by atoms with van der Waals surface area (Å²) in [5.74, 6) is 0. The lowest BCUT2D eigenvalue weighted by Gasteiger charge is -2.09. The Hall–Kier alpha value is -2.39. The summed E-state index contributed by atoms with van der Waals surface area (Å²) in [5.41, 5.74) is 0.941. The topological polar surface area (TPSA) is 109 Å². The number of hydrogen-bond donors (Lipinski definition) is 2. The van der Waals surface area contributed by atoms with Crippen molar-refractivity contribution >= 4 is 36.5 Å². The van der Waals surface area contributed by atoms with Crippen LogP contribution in [0.1, 0.15) is 0 Å². The second kappa shape index (κ2) is 5.36. The molecule has 0 spiro atoms. The van der Waals surface area contributed by atoms with Crippen molar-refractivity contribution in [3.05, 3.63) is 48.7 Å². The molecule has 0 aliphatic carbocycles. The van der Waals surface area contributed by atoms with Crippen molar-refractivity contribution in [2.75, 3.05) is 11.0 Å². The highest BCUT2D eigenvalue weighted by Crippen LogP contribution is 2.24. The lowest BCUT2D eigenvalue weighted by molar-refractivity contribution is 0.597. The first kappa shape index (κ1) is 15.5. The molecular weight excluding hydrogens is 338 g/mol. The van der Waals surface area contributed by atoms with Crippen LogP contribution in [0.4, 0.5) is 5.69 Å². The van der Waals surface area contributed by atoms with Crippen LogP contribution >= 0.6 is 0 Å². The van der Waals surface area contributed by atoms with Gasteiger partial charge in [-0.3, -0.25) is 9.82 Å². The van der Waals surface area contributed by atoms with Crippen LogP contribution in [0.5, 0.6) is 0 Å². The molecule has 0 aliphatic rings. The van der Waals surface area contributed by atoms with Gasteiger partial charge in [-0.05, 0) is 30.3 Å². The Labute approximate surface area is 133 Å². The zero-order valence-corrected chi connectivity index (χ0v) is 13.6. The van der Waals surface area contributed by atoms with Gasteiger partial charge in [-0.25, -0.2) is 16.8 Å². The summed E-state index contributed by atoms with van der Waals surface area (Å²) in [5, 5.41) is 7.39. The summed E-state index contributed by atoms with van der Waals surface area (Å²) in [6.45, 7) is 0.